The molecule has 2 aromatic heterocycles. The van der Waals surface area contributed by atoms with Gasteiger partial charge in [0.25, 0.3) is 0 Å². The van der Waals surface area contributed by atoms with Gasteiger partial charge in [-0.2, -0.15) is 0 Å². The highest BCUT2D eigenvalue weighted by atomic mass is 16.5. The molecule has 25 heavy (non-hydrogen) atoms. The molecule has 0 saturated heterocycles. The first-order valence-corrected chi connectivity index (χ1v) is 8.29. The van der Waals surface area contributed by atoms with Gasteiger partial charge in [-0.15, -0.1) is 0 Å². The van der Waals surface area contributed by atoms with E-state index >= 15 is 0 Å². The van der Waals surface area contributed by atoms with Crippen LogP contribution in [0, 0.1) is 0 Å². The van der Waals surface area contributed by atoms with Crippen molar-refractivity contribution in [2.75, 3.05) is 7.11 Å². The third kappa shape index (κ3) is 3.42. The zero-order chi connectivity index (χ0) is 18.0. The van der Waals surface area contributed by atoms with E-state index in [-0.39, 0.29) is 11.6 Å². The molecule has 0 fully saturated rings. The van der Waals surface area contributed by atoms with Crippen LogP contribution in [0.25, 0.3) is 10.9 Å². The van der Waals surface area contributed by atoms with Gasteiger partial charge < -0.3 is 14.4 Å². The predicted octanol–water partition coefficient (Wildman–Crippen LogP) is 4.05. The smallest absolute Gasteiger partial charge is 0.352 e. The second kappa shape index (κ2) is 7.07. The molecule has 3 rings (SSSR count). The number of nitrogens with zero attached hydrogens (tertiary/aromatic N) is 2. The van der Waals surface area contributed by atoms with Gasteiger partial charge in [0.2, 0.25) is 0 Å². The maximum Gasteiger partial charge on any atom is 0.352 e. The zero-order valence-corrected chi connectivity index (χ0v) is 14.7. The van der Waals surface area contributed by atoms with Gasteiger partial charge in [0.1, 0.15) is 5.69 Å². The van der Waals surface area contributed by atoms with Gasteiger partial charge in [-0.05, 0) is 41.3 Å². The normalized spacial score (nSPS) is 11.4. The Morgan fingerprint density at radius 1 is 1.28 bits per heavy atom. The zero-order valence-electron chi connectivity index (χ0n) is 14.7. The molecule has 0 bridgehead atoms. The van der Waals surface area contributed by atoms with E-state index in [1.54, 1.807) is 19.4 Å². The number of hydrogen-bond acceptors (Lipinski definition) is 3. The lowest BCUT2D eigenvalue weighted by Crippen LogP contribution is -2.11. The molecule has 0 aliphatic carbocycles. The largest absolute Gasteiger partial charge is 0.477 e. The Bertz CT molecular complexity index is 898. The highest BCUT2D eigenvalue weighted by Crippen LogP contribution is 2.31. The highest BCUT2D eigenvalue weighted by molar-refractivity contribution is 5.96. The van der Waals surface area contributed by atoms with Crippen molar-refractivity contribution >= 4 is 16.9 Å². The van der Waals surface area contributed by atoms with Gasteiger partial charge in [0, 0.05) is 18.7 Å². The third-order valence-electron chi connectivity index (χ3n) is 4.28. The molecule has 1 aromatic carbocycles. The van der Waals surface area contributed by atoms with Crippen LogP contribution in [0.1, 0.15) is 47.1 Å². The number of hydrogen-bond donors (Lipinski definition) is 1. The summed E-state index contributed by atoms with van der Waals surface area (Å²) in [5.74, 6) is -0.673. The lowest BCUT2D eigenvalue weighted by atomic mass is 9.98. The van der Waals surface area contributed by atoms with Gasteiger partial charge in [0.05, 0.1) is 24.4 Å². The molecule has 3 aromatic rings. The lowest BCUT2D eigenvalue weighted by molar-refractivity contribution is 0.0686. The molecule has 0 unspecified atom stereocenters. The van der Waals surface area contributed by atoms with E-state index in [0.29, 0.717) is 13.2 Å². The second-order valence-corrected chi connectivity index (χ2v) is 6.45. The Labute approximate surface area is 146 Å². The quantitative estimate of drug-likeness (QED) is 0.736. The summed E-state index contributed by atoms with van der Waals surface area (Å²) in [5, 5.41) is 10.6. The van der Waals surface area contributed by atoms with E-state index in [9.17, 15) is 9.90 Å². The first-order valence-electron chi connectivity index (χ1n) is 8.29. The predicted molar refractivity (Wildman–Crippen MR) is 97.0 cm³/mol. The number of aromatic carboxylic acids is 1. The lowest BCUT2D eigenvalue weighted by Gasteiger charge is -2.15. The molecule has 0 radical (unpaired) electrons. The minimum absolute atomic E-state index is 0.262. The summed E-state index contributed by atoms with van der Waals surface area (Å²) in [6.45, 7) is 5.16. The number of carbonyl (C=O) groups is 1. The van der Waals surface area contributed by atoms with Gasteiger partial charge in [0.15, 0.2) is 0 Å². The molecule has 0 amide bonds. The van der Waals surface area contributed by atoms with E-state index in [2.05, 4.69) is 24.9 Å². The Morgan fingerprint density at radius 2 is 2.08 bits per heavy atom. The summed E-state index contributed by atoms with van der Waals surface area (Å²) in [5.41, 5.74) is 4.23. The molecule has 2 heterocycles. The number of aromatic nitrogens is 2. The van der Waals surface area contributed by atoms with Crippen molar-refractivity contribution in [1.29, 1.82) is 0 Å². The topological polar surface area (TPSA) is 64.3 Å². The van der Waals surface area contributed by atoms with Gasteiger partial charge in [-0.25, -0.2) is 4.79 Å². The van der Waals surface area contributed by atoms with E-state index < -0.39 is 5.97 Å². The van der Waals surface area contributed by atoms with Crippen molar-refractivity contribution in [3.05, 3.63) is 65.1 Å². The van der Waals surface area contributed by atoms with Crippen LogP contribution in [0.3, 0.4) is 0 Å². The number of carboxylic acids is 1. The number of methoxy groups -OCH3 is 1. The summed E-state index contributed by atoms with van der Waals surface area (Å²) in [6, 6.07) is 11.5. The minimum Gasteiger partial charge on any atom is -0.477 e. The molecule has 0 aliphatic heterocycles. The summed E-state index contributed by atoms with van der Waals surface area (Å²) in [4.78, 5) is 16.2. The van der Waals surface area contributed by atoms with E-state index in [1.807, 2.05) is 28.8 Å². The van der Waals surface area contributed by atoms with Crippen molar-refractivity contribution in [1.82, 2.24) is 9.55 Å². The molecule has 0 atom stereocenters. The second-order valence-electron chi connectivity index (χ2n) is 6.45. The van der Waals surface area contributed by atoms with Crippen LogP contribution in [0.5, 0.6) is 0 Å². The van der Waals surface area contributed by atoms with Crippen LogP contribution in [-0.2, 0) is 17.9 Å². The highest BCUT2D eigenvalue weighted by Gasteiger charge is 2.19. The number of carboxylic acid groups (broad SMARTS) is 1. The van der Waals surface area contributed by atoms with E-state index in [4.69, 9.17) is 4.74 Å². The SMILES string of the molecule is COCc1cc(C(C)C)c2c(c1)cc(C(=O)O)n2Cc1ccccn1. The fraction of sp³-hybridized carbons (Fsp3) is 0.300. The van der Waals surface area contributed by atoms with Crippen molar-refractivity contribution in [2.24, 2.45) is 0 Å². The number of pyridine rings is 1. The first kappa shape index (κ1) is 17.2. The third-order valence-corrected chi connectivity index (χ3v) is 4.28. The summed E-state index contributed by atoms with van der Waals surface area (Å²) in [6.07, 6.45) is 1.72. The molecule has 0 spiro atoms. The number of rotatable bonds is 6. The van der Waals surface area contributed by atoms with Crippen molar-refractivity contribution in [3.8, 4) is 0 Å². The maximum atomic E-state index is 11.8. The van der Waals surface area contributed by atoms with Crippen LogP contribution in [0.4, 0.5) is 0 Å². The summed E-state index contributed by atoms with van der Waals surface area (Å²) < 4.78 is 7.11. The Balaban J connectivity index is 2.25. The minimum atomic E-state index is -0.935. The van der Waals surface area contributed by atoms with Gasteiger partial charge in [-0.1, -0.05) is 26.0 Å². The van der Waals surface area contributed by atoms with Crippen LogP contribution in [0.15, 0.2) is 42.6 Å². The van der Waals surface area contributed by atoms with E-state index in [1.165, 1.54) is 0 Å². The number of fused-ring (bicyclic) bond motifs is 1. The van der Waals surface area contributed by atoms with Crippen LogP contribution in [0.2, 0.25) is 0 Å². The summed E-state index contributed by atoms with van der Waals surface area (Å²) >= 11 is 0. The molecule has 0 saturated carbocycles. The molecule has 1 N–H and O–H groups in total. The fourth-order valence-electron chi connectivity index (χ4n) is 3.20. The molecule has 0 aliphatic rings. The molecular weight excluding hydrogens is 316 g/mol. The first-order chi connectivity index (χ1) is 12.0. The van der Waals surface area contributed by atoms with Crippen LogP contribution < -0.4 is 0 Å². The molecule has 5 nitrogen and oxygen atoms in total. The Kier molecular flexibility index (Phi) is 4.86. The van der Waals surface area contributed by atoms with Crippen molar-refractivity contribution < 1.29 is 14.6 Å². The van der Waals surface area contributed by atoms with E-state index in [0.717, 1.165) is 27.7 Å². The Morgan fingerprint density at radius 3 is 2.68 bits per heavy atom. The molecule has 5 heteroatoms. The maximum absolute atomic E-state index is 11.8. The standard InChI is InChI=1S/C20H22N2O3/c1-13(2)17-9-14(12-25-3)8-15-10-18(20(23)24)22(19(15)17)11-16-6-4-5-7-21-16/h4-10,13H,11-12H2,1-3H3,(H,23,24). The van der Waals surface area contributed by atoms with Crippen LogP contribution in [-0.4, -0.2) is 27.7 Å². The summed E-state index contributed by atoms with van der Waals surface area (Å²) in [7, 11) is 1.66. The monoisotopic (exact) mass is 338 g/mol. The van der Waals surface area contributed by atoms with Crippen molar-refractivity contribution in [2.45, 2.75) is 32.9 Å². The van der Waals surface area contributed by atoms with Gasteiger partial charge >= 0.3 is 5.97 Å². The van der Waals surface area contributed by atoms with Gasteiger partial charge in [-0.3, -0.25) is 4.98 Å². The number of ether oxygens (including phenoxy) is 1. The molecule has 130 valence electrons. The average molecular weight is 338 g/mol. The van der Waals surface area contributed by atoms with Crippen LogP contribution >= 0.6 is 0 Å². The van der Waals surface area contributed by atoms with Crippen molar-refractivity contribution in [3.63, 3.8) is 0 Å². The fourth-order valence-corrected chi connectivity index (χ4v) is 3.20. The number of benzene rings is 1. The Hall–Kier alpha value is -2.66. The molecular formula is C20H22N2O3. The average Bonchev–Trinajstić information content (AvgIpc) is 2.94.